The molecule has 0 aromatic heterocycles. The van der Waals surface area contributed by atoms with E-state index < -0.39 is 0 Å². The van der Waals surface area contributed by atoms with E-state index in [1.807, 2.05) is 29.2 Å². The van der Waals surface area contributed by atoms with E-state index in [0.29, 0.717) is 12.5 Å². The molecular formula is C15H20N2O2. The lowest BCUT2D eigenvalue weighted by atomic mass is 9.86. The van der Waals surface area contributed by atoms with Crippen LogP contribution in [0.4, 0.5) is 0 Å². The lowest BCUT2D eigenvalue weighted by Gasteiger charge is -2.22. The summed E-state index contributed by atoms with van der Waals surface area (Å²) in [6.07, 6.45) is 1.98. The summed E-state index contributed by atoms with van der Waals surface area (Å²) in [6.45, 7) is 3.38. The van der Waals surface area contributed by atoms with Gasteiger partial charge < -0.3 is 15.0 Å². The Morgan fingerprint density at radius 2 is 2.32 bits per heavy atom. The largest absolute Gasteiger partial charge is 0.497 e. The van der Waals surface area contributed by atoms with E-state index in [1.54, 1.807) is 7.11 Å². The Morgan fingerprint density at radius 1 is 1.42 bits per heavy atom. The van der Waals surface area contributed by atoms with E-state index in [2.05, 4.69) is 5.32 Å². The van der Waals surface area contributed by atoms with Crippen molar-refractivity contribution in [2.75, 3.05) is 26.7 Å². The van der Waals surface area contributed by atoms with E-state index in [9.17, 15) is 4.79 Å². The Balaban J connectivity index is 1.72. The zero-order chi connectivity index (χ0) is 13.3. The van der Waals surface area contributed by atoms with Crippen molar-refractivity contribution < 1.29 is 9.53 Å². The molecule has 1 aromatic carbocycles. The van der Waals surface area contributed by atoms with Crippen molar-refractivity contribution >= 4 is 5.91 Å². The van der Waals surface area contributed by atoms with Gasteiger partial charge in [0.25, 0.3) is 0 Å². The molecule has 19 heavy (non-hydrogen) atoms. The monoisotopic (exact) mass is 260 g/mol. The average molecular weight is 260 g/mol. The van der Waals surface area contributed by atoms with Crippen LogP contribution in [0.1, 0.15) is 18.4 Å². The molecule has 1 N–H and O–H groups in total. The summed E-state index contributed by atoms with van der Waals surface area (Å²) in [4.78, 5) is 14.5. The fourth-order valence-corrected chi connectivity index (χ4v) is 3.17. The van der Waals surface area contributed by atoms with Crippen LogP contribution in [-0.4, -0.2) is 37.6 Å². The summed E-state index contributed by atoms with van der Waals surface area (Å²) in [5, 5.41) is 3.32. The standard InChI is InChI=1S/C15H20N2O2/c1-19-13-4-2-3-12(9-13)10-17-8-6-15(14(17)18)5-7-16-11-15/h2-4,9,16H,5-8,10-11H2,1H3. The molecule has 1 amide bonds. The predicted octanol–water partition coefficient (Wildman–Crippen LogP) is 1.41. The minimum absolute atomic E-state index is 0.112. The topological polar surface area (TPSA) is 41.6 Å². The Bertz CT molecular complexity index is 481. The van der Waals surface area contributed by atoms with Gasteiger partial charge in [-0.2, -0.15) is 0 Å². The quantitative estimate of drug-likeness (QED) is 0.893. The highest BCUT2D eigenvalue weighted by molar-refractivity contribution is 5.85. The molecule has 2 fully saturated rings. The average Bonchev–Trinajstić information content (AvgIpc) is 3.03. The van der Waals surface area contributed by atoms with Crippen molar-refractivity contribution in [3.63, 3.8) is 0 Å². The maximum Gasteiger partial charge on any atom is 0.230 e. The van der Waals surface area contributed by atoms with Gasteiger partial charge >= 0.3 is 0 Å². The first-order valence-electron chi connectivity index (χ1n) is 6.87. The minimum atomic E-state index is -0.112. The summed E-state index contributed by atoms with van der Waals surface area (Å²) in [6, 6.07) is 7.96. The molecule has 1 spiro atoms. The number of rotatable bonds is 3. The van der Waals surface area contributed by atoms with Gasteiger partial charge in [0.05, 0.1) is 12.5 Å². The summed E-state index contributed by atoms with van der Waals surface area (Å²) >= 11 is 0. The molecule has 2 aliphatic heterocycles. The van der Waals surface area contributed by atoms with Crippen molar-refractivity contribution in [3.05, 3.63) is 29.8 Å². The van der Waals surface area contributed by atoms with Gasteiger partial charge in [0, 0.05) is 19.6 Å². The van der Waals surface area contributed by atoms with Gasteiger partial charge in [-0.3, -0.25) is 4.79 Å². The molecule has 1 unspecified atom stereocenters. The molecule has 102 valence electrons. The summed E-state index contributed by atoms with van der Waals surface area (Å²) < 4.78 is 5.23. The third-order valence-corrected chi connectivity index (χ3v) is 4.35. The van der Waals surface area contributed by atoms with E-state index in [4.69, 9.17) is 4.74 Å². The molecule has 4 nitrogen and oxygen atoms in total. The van der Waals surface area contributed by atoms with Gasteiger partial charge in [-0.1, -0.05) is 12.1 Å². The third-order valence-electron chi connectivity index (χ3n) is 4.35. The van der Waals surface area contributed by atoms with Gasteiger partial charge in [0.1, 0.15) is 5.75 Å². The maximum atomic E-state index is 12.5. The van der Waals surface area contributed by atoms with Crippen molar-refractivity contribution in [1.29, 1.82) is 0 Å². The number of likely N-dealkylation sites (tertiary alicyclic amines) is 1. The predicted molar refractivity (Wildman–Crippen MR) is 72.9 cm³/mol. The van der Waals surface area contributed by atoms with Gasteiger partial charge in [0.15, 0.2) is 0 Å². The van der Waals surface area contributed by atoms with Gasteiger partial charge in [0.2, 0.25) is 5.91 Å². The Morgan fingerprint density at radius 3 is 3.05 bits per heavy atom. The highest BCUT2D eigenvalue weighted by atomic mass is 16.5. The number of carbonyl (C=O) groups is 1. The van der Waals surface area contributed by atoms with Crippen molar-refractivity contribution in [3.8, 4) is 5.75 Å². The van der Waals surface area contributed by atoms with Gasteiger partial charge in [-0.05, 0) is 37.1 Å². The first-order valence-corrected chi connectivity index (χ1v) is 6.87. The van der Waals surface area contributed by atoms with Gasteiger partial charge in [-0.25, -0.2) is 0 Å². The normalized spacial score (nSPS) is 26.4. The van der Waals surface area contributed by atoms with Gasteiger partial charge in [-0.15, -0.1) is 0 Å². The van der Waals surface area contributed by atoms with Crippen molar-refractivity contribution in [2.45, 2.75) is 19.4 Å². The number of hydrogen-bond donors (Lipinski definition) is 1. The zero-order valence-corrected chi connectivity index (χ0v) is 11.3. The second-order valence-corrected chi connectivity index (χ2v) is 5.54. The van der Waals surface area contributed by atoms with E-state index in [1.165, 1.54) is 0 Å². The number of methoxy groups -OCH3 is 1. The van der Waals surface area contributed by atoms with Crippen LogP contribution >= 0.6 is 0 Å². The van der Waals surface area contributed by atoms with Crippen LogP contribution in [0.15, 0.2) is 24.3 Å². The second-order valence-electron chi connectivity index (χ2n) is 5.54. The lowest BCUT2D eigenvalue weighted by Crippen LogP contribution is -2.35. The van der Waals surface area contributed by atoms with Crippen LogP contribution in [0.2, 0.25) is 0 Å². The van der Waals surface area contributed by atoms with Crippen LogP contribution < -0.4 is 10.1 Å². The zero-order valence-electron chi connectivity index (χ0n) is 11.3. The number of amides is 1. The van der Waals surface area contributed by atoms with Crippen LogP contribution in [-0.2, 0) is 11.3 Å². The summed E-state index contributed by atoms with van der Waals surface area (Å²) in [5.74, 6) is 1.17. The molecule has 2 heterocycles. The number of ether oxygens (including phenoxy) is 1. The number of hydrogen-bond acceptors (Lipinski definition) is 3. The summed E-state index contributed by atoms with van der Waals surface area (Å²) in [5.41, 5.74) is 1.02. The lowest BCUT2D eigenvalue weighted by molar-refractivity contribution is -0.135. The Kier molecular flexibility index (Phi) is 3.19. The highest BCUT2D eigenvalue weighted by Crippen LogP contribution is 2.38. The SMILES string of the molecule is COc1cccc(CN2CCC3(CCNC3)C2=O)c1. The maximum absolute atomic E-state index is 12.5. The van der Waals surface area contributed by atoms with E-state index in [-0.39, 0.29) is 5.41 Å². The number of benzene rings is 1. The number of nitrogens with zero attached hydrogens (tertiary/aromatic N) is 1. The molecular weight excluding hydrogens is 240 g/mol. The second kappa shape index (κ2) is 4.85. The smallest absolute Gasteiger partial charge is 0.230 e. The Hall–Kier alpha value is -1.55. The first-order chi connectivity index (χ1) is 9.23. The summed E-state index contributed by atoms with van der Waals surface area (Å²) in [7, 11) is 1.67. The molecule has 4 heteroatoms. The molecule has 0 bridgehead atoms. The fourth-order valence-electron chi connectivity index (χ4n) is 3.17. The molecule has 2 aliphatic rings. The van der Waals surface area contributed by atoms with Crippen LogP contribution in [0, 0.1) is 5.41 Å². The van der Waals surface area contributed by atoms with E-state index in [0.717, 1.165) is 43.8 Å². The molecule has 0 radical (unpaired) electrons. The molecule has 3 rings (SSSR count). The van der Waals surface area contributed by atoms with E-state index >= 15 is 0 Å². The van der Waals surface area contributed by atoms with Crippen LogP contribution in [0.5, 0.6) is 5.75 Å². The molecule has 1 atom stereocenters. The first kappa shape index (κ1) is 12.5. The number of nitrogens with one attached hydrogen (secondary N) is 1. The van der Waals surface area contributed by atoms with Crippen molar-refractivity contribution in [2.24, 2.45) is 5.41 Å². The molecule has 0 aliphatic carbocycles. The van der Waals surface area contributed by atoms with Crippen LogP contribution in [0.25, 0.3) is 0 Å². The molecule has 2 saturated heterocycles. The van der Waals surface area contributed by atoms with Crippen molar-refractivity contribution in [1.82, 2.24) is 10.2 Å². The Labute approximate surface area is 113 Å². The molecule has 1 aromatic rings. The minimum Gasteiger partial charge on any atom is -0.497 e. The highest BCUT2D eigenvalue weighted by Gasteiger charge is 2.47. The number of carbonyl (C=O) groups excluding carboxylic acids is 1. The molecule has 0 saturated carbocycles. The third kappa shape index (κ3) is 2.21. The van der Waals surface area contributed by atoms with Crippen LogP contribution in [0.3, 0.4) is 0 Å². The fraction of sp³-hybridized carbons (Fsp3) is 0.533.